The van der Waals surface area contributed by atoms with Gasteiger partial charge in [0.25, 0.3) is 0 Å². The van der Waals surface area contributed by atoms with E-state index >= 15 is 0 Å². The van der Waals surface area contributed by atoms with Gasteiger partial charge in [-0.3, -0.25) is 0 Å². The molecule has 0 radical (unpaired) electrons. The summed E-state index contributed by atoms with van der Waals surface area (Å²) in [7, 11) is 0. The van der Waals surface area contributed by atoms with Crippen LogP contribution in [-0.2, 0) is 5.60 Å². The lowest BCUT2D eigenvalue weighted by atomic mass is 9.90. The minimum absolute atomic E-state index is 0.325. The Balaban J connectivity index is 2.12. The van der Waals surface area contributed by atoms with Crippen molar-refractivity contribution < 1.29 is 13.9 Å². The molecule has 1 aromatic rings. The lowest BCUT2D eigenvalue weighted by Crippen LogP contribution is -2.21. The Kier molecular flexibility index (Phi) is 2.98. The van der Waals surface area contributed by atoms with E-state index in [4.69, 9.17) is 0 Å². The normalized spacial score (nSPS) is 19.5. The molecule has 1 aromatic carbocycles. The molecular weight excluding hydrogens is 210 g/mol. The first kappa shape index (κ1) is 11.5. The van der Waals surface area contributed by atoms with Crippen LogP contribution in [0.2, 0.25) is 0 Å². The van der Waals surface area contributed by atoms with Crippen molar-refractivity contribution in [1.29, 1.82) is 0 Å². The first-order valence-electron chi connectivity index (χ1n) is 5.66. The Morgan fingerprint density at radius 1 is 1.25 bits per heavy atom. The van der Waals surface area contributed by atoms with Gasteiger partial charge in [0.05, 0.1) is 5.60 Å². The van der Waals surface area contributed by atoms with Crippen LogP contribution in [0.5, 0.6) is 0 Å². The molecule has 0 bridgehead atoms. The Hall–Kier alpha value is -0.960. The number of aliphatic hydroxyl groups is 1. The van der Waals surface area contributed by atoms with Crippen LogP contribution in [0.25, 0.3) is 0 Å². The van der Waals surface area contributed by atoms with E-state index in [0.717, 1.165) is 12.5 Å². The van der Waals surface area contributed by atoms with E-state index in [-0.39, 0.29) is 0 Å². The van der Waals surface area contributed by atoms with Gasteiger partial charge < -0.3 is 5.11 Å². The lowest BCUT2D eigenvalue weighted by Gasteiger charge is -2.24. The molecule has 2 rings (SSSR count). The maximum absolute atomic E-state index is 13.0. The summed E-state index contributed by atoms with van der Waals surface area (Å²) >= 11 is 0. The number of hydrogen-bond acceptors (Lipinski definition) is 1. The van der Waals surface area contributed by atoms with E-state index in [1.165, 1.54) is 25.0 Å². The van der Waals surface area contributed by atoms with Crippen molar-refractivity contribution in [2.45, 2.75) is 38.2 Å². The van der Waals surface area contributed by atoms with Gasteiger partial charge in [0.1, 0.15) is 11.6 Å². The third-order valence-electron chi connectivity index (χ3n) is 3.22. The van der Waals surface area contributed by atoms with E-state index in [1.54, 1.807) is 6.92 Å². The summed E-state index contributed by atoms with van der Waals surface area (Å²) in [5.74, 6) is -0.576. The largest absolute Gasteiger partial charge is 0.385 e. The van der Waals surface area contributed by atoms with Crippen LogP contribution in [0, 0.1) is 17.6 Å². The van der Waals surface area contributed by atoms with Crippen molar-refractivity contribution in [3.05, 3.63) is 35.4 Å². The molecule has 0 aliphatic heterocycles. The second-order valence-corrected chi connectivity index (χ2v) is 4.91. The molecule has 1 aliphatic carbocycles. The summed E-state index contributed by atoms with van der Waals surface area (Å²) in [5, 5.41) is 10.2. The Morgan fingerprint density at radius 2 is 1.81 bits per heavy atom. The molecule has 1 fully saturated rings. The van der Waals surface area contributed by atoms with Crippen molar-refractivity contribution in [1.82, 2.24) is 0 Å². The standard InChI is InChI=1S/C13H16F2O/c1-13(16,5-4-9-2-3-9)10-6-11(14)8-12(15)7-10/h6-9,16H,2-5H2,1H3. The van der Waals surface area contributed by atoms with Crippen molar-refractivity contribution >= 4 is 0 Å². The van der Waals surface area contributed by atoms with Gasteiger partial charge in [-0.15, -0.1) is 0 Å². The summed E-state index contributed by atoms with van der Waals surface area (Å²) in [6.07, 6.45) is 3.91. The van der Waals surface area contributed by atoms with Crippen LogP contribution in [0.15, 0.2) is 18.2 Å². The fraction of sp³-hybridized carbons (Fsp3) is 0.538. The van der Waals surface area contributed by atoms with Gasteiger partial charge in [-0.05, 0) is 43.4 Å². The molecule has 16 heavy (non-hydrogen) atoms. The van der Waals surface area contributed by atoms with Gasteiger partial charge in [0.2, 0.25) is 0 Å². The zero-order valence-electron chi connectivity index (χ0n) is 9.34. The van der Waals surface area contributed by atoms with E-state index in [1.807, 2.05) is 0 Å². The number of hydrogen-bond donors (Lipinski definition) is 1. The van der Waals surface area contributed by atoms with Gasteiger partial charge in [0, 0.05) is 6.07 Å². The third kappa shape index (κ3) is 2.79. The van der Waals surface area contributed by atoms with Gasteiger partial charge in [-0.1, -0.05) is 12.8 Å². The summed E-state index contributed by atoms with van der Waals surface area (Å²) in [6.45, 7) is 1.61. The lowest BCUT2D eigenvalue weighted by molar-refractivity contribution is 0.0433. The first-order chi connectivity index (χ1) is 7.47. The molecule has 1 nitrogen and oxygen atoms in total. The van der Waals surface area contributed by atoms with Crippen molar-refractivity contribution in [2.75, 3.05) is 0 Å². The molecule has 1 unspecified atom stereocenters. The highest BCUT2D eigenvalue weighted by atomic mass is 19.1. The molecule has 1 atom stereocenters. The molecule has 1 N–H and O–H groups in total. The fourth-order valence-corrected chi connectivity index (χ4v) is 1.90. The second kappa shape index (κ2) is 4.13. The van der Waals surface area contributed by atoms with Crippen molar-refractivity contribution in [3.63, 3.8) is 0 Å². The van der Waals surface area contributed by atoms with E-state index in [9.17, 15) is 13.9 Å². The minimum Gasteiger partial charge on any atom is -0.385 e. The Labute approximate surface area is 94.1 Å². The molecule has 0 heterocycles. The molecule has 0 saturated heterocycles. The average molecular weight is 226 g/mol. The highest BCUT2D eigenvalue weighted by molar-refractivity contribution is 5.23. The Bertz CT molecular complexity index is 363. The molecule has 3 heteroatoms. The van der Waals surface area contributed by atoms with Gasteiger partial charge >= 0.3 is 0 Å². The summed E-state index contributed by atoms with van der Waals surface area (Å²) in [5.41, 5.74) is -0.809. The summed E-state index contributed by atoms with van der Waals surface area (Å²) < 4.78 is 26.0. The average Bonchev–Trinajstić information content (AvgIpc) is 2.96. The number of halogens is 2. The minimum atomic E-state index is -1.13. The van der Waals surface area contributed by atoms with Gasteiger partial charge in [0.15, 0.2) is 0 Å². The van der Waals surface area contributed by atoms with Crippen LogP contribution in [-0.4, -0.2) is 5.11 Å². The topological polar surface area (TPSA) is 20.2 Å². The molecule has 0 aromatic heterocycles. The SMILES string of the molecule is CC(O)(CCC1CC1)c1cc(F)cc(F)c1. The molecular formula is C13H16F2O. The number of benzene rings is 1. The van der Waals surface area contributed by atoms with Crippen LogP contribution < -0.4 is 0 Å². The zero-order chi connectivity index (χ0) is 11.8. The maximum atomic E-state index is 13.0. The molecule has 1 aliphatic rings. The molecule has 88 valence electrons. The predicted molar refractivity (Wildman–Crippen MR) is 57.9 cm³/mol. The highest BCUT2D eigenvalue weighted by Crippen LogP contribution is 2.38. The van der Waals surface area contributed by atoms with Crippen LogP contribution >= 0.6 is 0 Å². The third-order valence-corrected chi connectivity index (χ3v) is 3.22. The van der Waals surface area contributed by atoms with Crippen LogP contribution in [0.4, 0.5) is 8.78 Å². The van der Waals surface area contributed by atoms with E-state index < -0.39 is 17.2 Å². The summed E-state index contributed by atoms with van der Waals surface area (Å²) in [4.78, 5) is 0. The monoisotopic (exact) mass is 226 g/mol. The smallest absolute Gasteiger partial charge is 0.126 e. The summed E-state index contributed by atoms with van der Waals surface area (Å²) in [6, 6.07) is 3.23. The molecule has 0 amide bonds. The highest BCUT2D eigenvalue weighted by Gasteiger charge is 2.29. The predicted octanol–water partition coefficient (Wildman–Crippen LogP) is 3.36. The Morgan fingerprint density at radius 3 is 2.31 bits per heavy atom. The second-order valence-electron chi connectivity index (χ2n) is 4.91. The number of rotatable bonds is 4. The quantitative estimate of drug-likeness (QED) is 0.834. The van der Waals surface area contributed by atoms with Gasteiger partial charge in [-0.2, -0.15) is 0 Å². The van der Waals surface area contributed by atoms with Crippen molar-refractivity contribution in [3.8, 4) is 0 Å². The maximum Gasteiger partial charge on any atom is 0.126 e. The van der Waals surface area contributed by atoms with E-state index in [2.05, 4.69) is 0 Å². The molecule has 0 spiro atoms. The zero-order valence-corrected chi connectivity index (χ0v) is 9.34. The van der Waals surface area contributed by atoms with Gasteiger partial charge in [-0.25, -0.2) is 8.78 Å². The van der Waals surface area contributed by atoms with Crippen LogP contribution in [0.3, 0.4) is 0 Å². The fourth-order valence-electron chi connectivity index (χ4n) is 1.90. The van der Waals surface area contributed by atoms with Crippen LogP contribution in [0.1, 0.15) is 38.2 Å². The molecule has 1 saturated carbocycles. The van der Waals surface area contributed by atoms with Crippen molar-refractivity contribution in [2.24, 2.45) is 5.92 Å². The first-order valence-corrected chi connectivity index (χ1v) is 5.66. The van der Waals surface area contributed by atoms with E-state index in [0.29, 0.717) is 17.9 Å².